The van der Waals surface area contributed by atoms with Gasteiger partial charge in [-0.25, -0.2) is 0 Å². The summed E-state index contributed by atoms with van der Waals surface area (Å²) in [4.78, 5) is 39.0. The number of allylic oxidation sites excluding steroid dienone is 2. The molecule has 3 saturated carbocycles. The molecule has 0 saturated heterocycles. The zero-order valence-corrected chi connectivity index (χ0v) is 41.0. The summed E-state index contributed by atoms with van der Waals surface area (Å²) in [5.74, 6) is 1.88. The van der Waals surface area contributed by atoms with Crippen LogP contribution in [0.15, 0.2) is 11.6 Å². The van der Waals surface area contributed by atoms with Gasteiger partial charge in [-0.1, -0.05) is 193 Å². The Labute approximate surface area is 377 Å². The van der Waals surface area contributed by atoms with E-state index in [1.807, 2.05) is 0 Å². The van der Waals surface area contributed by atoms with Crippen molar-refractivity contribution in [3.63, 3.8) is 0 Å². The molecule has 1 unspecified atom stereocenters. The van der Waals surface area contributed by atoms with E-state index in [4.69, 9.17) is 9.47 Å². The van der Waals surface area contributed by atoms with Crippen LogP contribution in [0.4, 0.5) is 0 Å². The average molecular weight is 871 g/mol. The standard InChI is InChI=1S/C54H94O6S/c1-5-7-9-11-13-15-17-19-21-23-25-27-29-31-51(56)59-42-45(60-52(57)32-30-28-26-24-22-20-18-16-14-12-10-8-6-2)43-61(58)46-37-39-53(3)44(41-46)33-34-47-48-35-36-50(55)54(48,4)40-38-49(47)53/h33,45-49H,5-32,34-43H2,1-4H3/t45-,46+,47+,48+,49+,53+,54+,61?/m1/s1. The second-order valence-electron chi connectivity index (χ2n) is 20.9. The van der Waals surface area contributed by atoms with Gasteiger partial charge in [0.2, 0.25) is 0 Å². The second-order valence-corrected chi connectivity index (χ2v) is 22.6. The number of esters is 2. The van der Waals surface area contributed by atoms with Gasteiger partial charge in [0.1, 0.15) is 18.5 Å². The van der Waals surface area contributed by atoms with Crippen LogP contribution < -0.4 is 0 Å². The van der Waals surface area contributed by atoms with Crippen molar-refractivity contribution in [2.75, 3.05) is 12.4 Å². The molecule has 0 aliphatic heterocycles. The zero-order valence-electron chi connectivity index (χ0n) is 40.2. The average Bonchev–Trinajstić information content (AvgIpc) is 3.56. The van der Waals surface area contributed by atoms with Crippen LogP contribution in [0.2, 0.25) is 0 Å². The van der Waals surface area contributed by atoms with Crippen LogP contribution in [0.1, 0.15) is 259 Å². The Morgan fingerprint density at radius 3 is 1.62 bits per heavy atom. The van der Waals surface area contributed by atoms with Gasteiger partial charge in [-0.05, 0) is 81.0 Å². The molecule has 61 heavy (non-hydrogen) atoms. The molecule has 0 spiro atoms. The minimum Gasteiger partial charge on any atom is -0.462 e. The van der Waals surface area contributed by atoms with Crippen molar-refractivity contribution in [1.82, 2.24) is 0 Å². The molecule has 0 radical (unpaired) electrons. The Balaban J connectivity index is 1.18. The molecule has 0 aromatic carbocycles. The molecule has 7 heteroatoms. The number of carbonyl (C=O) groups is 3. The highest BCUT2D eigenvalue weighted by molar-refractivity contribution is 7.85. The Kier molecular flexibility index (Phi) is 24.9. The lowest BCUT2D eigenvalue weighted by molar-refractivity contribution is -0.157. The SMILES string of the molecule is CCCCCCCCCCCCCCCC(=O)OC[C@H](CS(=O)[C@H]1CC[C@@]2(C)C(=CC[C@@H]3[C@@H]2CC[C@]2(C)C(=O)CC[C@@H]32)C1)OC(=O)CCCCCCCCCCCCCCC. The maximum absolute atomic E-state index is 14.1. The molecule has 352 valence electrons. The van der Waals surface area contributed by atoms with Crippen molar-refractivity contribution < 1.29 is 28.1 Å². The first-order valence-corrected chi connectivity index (χ1v) is 28.0. The molecular formula is C54H94O6S. The highest BCUT2D eigenvalue weighted by atomic mass is 32.2. The first-order chi connectivity index (χ1) is 29.6. The van der Waals surface area contributed by atoms with Gasteiger partial charge in [-0.2, -0.15) is 0 Å². The highest BCUT2D eigenvalue weighted by Crippen LogP contribution is 2.64. The minimum absolute atomic E-state index is 0.0108. The Hall–Kier alpha value is -1.50. The van der Waals surface area contributed by atoms with Crippen molar-refractivity contribution in [3.05, 3.63) is 11.6 Å². The summed E-state index contributed by atoms with van der Waals surface area (Å²) in [5, 5.41) is 0.0153. The highest BCUT2D eigenvalue weighted by Gasteiger charge is 2.58. The first-order valence-electron chi connectivity index (χ1n) is 26.6. The molecule has 8 atom stereocenters. The van der Waals surface area contributed by atoms with Crippen LogP contribution in [0.3, 0.4) is 0 Å². The fourth-order valence-corrected chi connectivity index (χ4v) is 13.7. The van der Waals surface area contributed by atoms with Crippen molar-refractivity contribution in [3.8, 4) is 0 Å². The van der Waals surface area contributed by atoms with Gasteiger partial charge < -0.3 is 9.47 Å². The predicted octanol–water partition coefficient (Wildman–Crippen LogP) is 15.1. The monoisotopic (exact) mass is 871 g/mol. The predicted molar refractivity (Wildman–Crippen MR) is 255 cm³/mol. The van der Waals surface area contributed by atoms with E-state index in [0.29, 0.717) is 36.4 Å². The Morgan fingerprint density at radius 2 is 1.10 bits per heavy atom. The molecule has 0 aromatic heterocycles. The molecule has 4 aliphatic carbocycles. The molecule has 0 amide bonds. The van der Waals surface area contributed by atoms with Gasteiger partial charge in [-0.3, -0.25) is 18.6 Å². The Morgan fingerprint density at radius 1 is 0.639 bits per heavy atom. The van der Waals surface area contributed by atoms with Crippen LogP contribution in [-0.4, -0.2) is 45.6 Å². The van der Waals surface area contributed by atoms with Crippen LogP contribution in [0.25, 0.3) is 0 Å². The van der Waals surface area contributed by atoms with Gasteiger partial charge in [0.15, 0.2) is 0 Å². The number of hydrogen-bond acceptors (Lipinski definition) is 6. The smallest absolute Gasteiger partial charge is 0.306 e. The zero-order chi connectivity index (χ0) is 43.8. The van der Waals surface area contributed by atoms with Crippen LogP contribution >= 0.6 is 0 Å². The van der Waals surface area contributed by atoms with E-state index in [2.05, 4.69) is 33.8 Å². The number of unbranched alkanes of at least 4 members (excludes halogenated alkanes) is 24. The number of ether oxygens (including phenoxy) is 2. The lowest BCUT2D eigenvalue weighted by atomic mass is 9.48. The maximum atomic E-state index is 14.1. The number of hydrogen-bond donors (Lipinski definition) is 0. The third kappa shape index (κ3) is 17.4. The third-order valence-corrected chi connectivity index (χ3v) is 18.0. The van der Waals surface area contributed by atoms with E-state index >= 15 is 0 Å². The van der Waals surface area contributed by atoms with Gasteiger partial charge in [-0.15, -0.1) is 0 Å². The fourth-order valence-electron chi connectivity index (χ4n) is 12.1. The van der Waals surface area contributed by atoms with Gasteiger partial charge >= 0.3 is 11.9 Å². The van der Waals surface area contributed by atoms with Crippen molar-refractivity contribution >= 4 is 28.5 Å². The lowest BCUT2D eigenvalue weighted by Gasteiger charge is -2.57. The summed E-state index contributed by atoms with van der Waals surface area (Å²) in [6, 6.07) is 0. The van der Waals surface area contributed by atoms with Gasteiger partial charge in [0.25, 0.3) is 0 Å². The molecule has 4 rings (SSSR count). The van der Waals surface area contributed by atoms with Crippen molar-refractivity contribution in [2.45, 2.75) is 270 Å². The number of Topliss-reactive ketones (excluding diaryl/α,β-unsaturated/α-hetero) is 1. The summed E-state index contributed by atoms with van der Waals surface area (Å²) < 4.78 is 25.9. The molecule has 4 aliphatic rings. The maximum Gasteiger partial charge on any atom is 0.306 e. The van der Waals surface area contributed by atoms with E-state index in [-0.39, 0.29) is 40.4 Å². The molecule has 6 nitrogen and oxygen atoms in total. The number of rotatable bonds is 34. The lowest BCUT2D eigenvalue weighted by Crippen LogP contribution is -2.50. The van der Waals surface area contributed by atoms with Crippen molar-refractivity contribution in [2.24, 2.45) is 28.6 Å². The molecule has 0 bridgehead atoms. The van der Waals surface area contributed by atoms with E-state index < -0.39 is 16.9 Å². The first kappa shape index (κ1) is 52.1. The summed E-state index contributed by atoms with van der Waals surface area (Å²) in [5.41, 5.74) is 1.45. The van der Waals surface area contributed by atoms with E-state index in [1.54, 1.807) is 0 Å². The molecule has 0 N–H and O–H groups in total. The van der Waals surface area contributed by atoms with Gasteiger partial charge in [0, 0.05) is 40.7 Å². The van der Waals surface area contributed by atoms with Crippen LogP contribution in [0.5, 0.6) is 0 Å². The largest absolute Gasteiger partial charge is 0.462 e. The number of carbonyl (C=O) groups excluding carboxylic acids is 3. The van der Waals surface area contributed by atoms with Crippen LogP contribution in [-0.2, 0) is 34.7 Å². The summed E-state index contributed by atoms with van der Waals surface area (Å²) in [6.45, 7) is 9.22. The minimum atomic E-state index is -1.21. The number of fused-ring (bicyclic) bond motifs is 5. The molecular weight excluding hydrogens is 777 g/mol. The van der Waals surface area contributed by atoms with Crippen LogP contribution in [0, 0.1) is 28.6 Å². The summed E-state index contributed by atoms with van der Waals surface area (Å²) in [7, 11) is -1.21. The van der Waals surface area contributed by atoms with E-state index in [1.165, 1.54) is 134 Å². The molecule has 0 aromatic rings. The quantitative estimate of drug-likeness (QED) is 0.0364. The van der Waals surface area contributed by atoms with Gasteiger partial charge in [0.05, 0.1) is 5.75 Å². The second kappa shape index (κ2) is 29.1. The third-order valence-electron chi connectivity index (χ3n) is 16.2. The Bertz CT molecular complexity index is 1330. The summed E-state index contributed by atoms with van der Waals surface area (Å²) in [6.07, 6.45) is 42.9. The molecule has 0 heterocycles. The fraction of sp³-hybridized carbons (Fsp3) is 0.907. The van der Waals surface area contributed by atoms with E-state index in [0.717, 1.165) is 89.9 Å². The summed E-state index contributed by atoms with van der Waals surface area (Å²) >= 11 is 0. The molecule has 3 fully saturated rings. The normalized spacial score (nSPS) is 26.8. The topological polar surface area (TPSA) is 86.7 Å². The van der Waals surface area contributed by atoms with E-state index in [9.17, 15) is 18.6 Å². The number of ketones is 1. The van der Waals surface area contributed by atoms with Crippen molar-refractivity contribution in [1.29, 1.82) is 0 Å².